The number of rotatable bonds is 4. The van der Waals surface area contributed by atoms with Gasteiger partial charge in [0.25, 0.3) is 0 Å². The summed E-state index contributed by atoms with van der Waals surface area (Å²) in [6.07, 6.45) is 6.96. The SMILES string of the molecule is CC(/C=C/C(=O)c1cc(C)sc1C)=C\c1ccco1. The van der Waals surface area contributed by atoms with Gasteiger partial charge >= 0.3 is 0 Å². The van der Waals surface area contributed by atoms with Crippen LogP contribution in [0.3, 0.4) is 0 Å². The highest BCUT2D eigenvalue weighted by molar-refractivity contribution is 7.12. The summed E-state index contributed by atoms with van der Waals surface area (Å²) in [7, 11) is 0. The van der Waals surface area contributed by atoms with E-state index in [1.807, 2.05) is 51.1 Å². The van der Waals surface area contributed by atoms with Crippen LogP contribution in [0.4, 0.5) is 0 Å². The average molecular weight is 272 g/mol. The van der Waals surface area contributed by atoms with Crippen molar-refractivity contribution in [1.82, 2.24) is 0 Å². The molecule has 0 atom stereocenters. The molecule has 2 aromatic heterocycles. The predicted octanol–water partition coefficient (Wildman–Crippen LogP) is 4.80. The molecule has 0 aliphatic rings. The smallest absolute Gasteiger partial charge is 0.186 e. The molecule has 0 saturated heterocycles. The van der Waals surface area contributed by atoms with Gasteiger partial charge in [-0.3, -0.25) is 4.79 Å². The molecule has 0 fully saturated rings. The number of carbonyl (C=O) groups is 1. The van der Waals surface area contributed by atoms with Crippen molar-refractivity contribution >= 4 is 23.2 Å². The van der Waals surface area contributed by atoms with Gasteiger partial charge in [-0.15, -0.1) is 11.3 Å². The summed E-state index contributed by atoms with van der Waals surface area (Å²) >= 11 is 1.65. The van der Waals surface area contributed by atoms with Crippen molar-refractivity contribution in [2.75, 3.05) is 0 Å². The van der Waals surface area contributed by atoms with Gasteiger partial charge in [0.2, 0.25) is 0 Å². The largest absolute Gasteiger partial charge is 0.465 e. The highest BCUT2D eigenvalue weighted by Gasteiger charge is 2.08. The summed E-state index contributed by atoms with van der Waals surface area (Å²) in [4.78, 5) is 14.3. The van der Waals surface area contributed by atoms with E-state index in [4.69, 9.17) is 4.42 Å². The van der Waals surface area contributed by atoms with E-state index in [1.165, 1.54) is 0 Å². The van der Waals surface area contributed by atoms with Crippen LogP contribution in [0.1, 0.15) is 32.8 Å². The zero-order chi connectivity index (χ0) is 13.8. The van der Waals surface area contributed by atoms with Crippen molar-refractivity contribution in [3.05, 3.63) is 63.3 Å². The van der Waals surface area contributed by atoms with E-state index in [0.29, 0.717) is 0 Å². The average Bonchev–Trinajstić information content (AvgIpc) is 2.96. The van der Waals surface area contributed by atoms with E-state index >= 15 is 0 Å². The molecule has 0 amide bonds. The van der Waals surface area contributed by atoms with E-state index in [9.17, 15) is 4.79 Å². The van der Waals surface area contributed by atoms with Crippen LogP contribution < -0.4 is 0 Å². The van der Waals surface area contributed by atoms with E-state index in [1.54, 1.807) is 23.7 Å². The minimum Gasteiger partial charge on any atom is -0.465 e. The molecule has 0 aromatic carbocycles. The van der Waals surface area contributed by atoms with Gasteiger partial charge in [-0.1, -0.05) is 6.08 Å². The van der Waals surface area contributed by atoms with Crippen LogP contribution in [0.2, 0.25) is 0 Å². The molecular weight excluding hydrogens is 256 g/mol. The predicted molar refractivity (Wildman–Crippen MR) is 79.6 cm³/mol. The number of allylic oxidation sites excluding steroid dienone is 3. The number of hydrogen-bond acceptors (Lipinski definition) is 3. The molecule has 2 nitrogen and oxygen atoms in total. The van der Waals surface area contributed by atoms with Gasteiger partial charge in [0, 0.05) is 15.3 Å². The van der Waals surface area contributed by atoms with Crippen LogP contribution in [0.5, 0.6) is 0 Å². The van der Waals surface area contributed by atoms with Gasteiger partial charge in [0.1, 0.15) is 5.76 Å². The first kappa shape index (κ1) is 13.6. The maximum atomic E-state index is 12.1. The molecule has 2 rings (SSSR count). The second kappa shape index (κ2) is 5.85. The Morgan fingerprint density at radius 3 is 2.68 bits per heavy atom. The fourth-order valence-electron chi connectivity index (χ4n) is 1.82. The van der Waals surface area contributed by atoms with Gasteiger partial charge < -0.3 is 4.42 Å². The van der Waals surface area contributed by atoms with Crippen molar-refractivity contribution < 1.29 is 9.21 Å². The molecule has 2 aromatic rings. The van der Waals surface area contributed by atoms with E-state index in [0.717, 1.165) is 26.7 Å². The fraction of sp³-hybridized carbons (Fsp3) is 0.188. The minimum atomic E-state index is 0.0500. The van der Waals surface area contributed by atoms with Crippen molar-refractivity contribution in [2.24, 2.45) is 0 Å². The van der Waals surface area contributed by atoms with Crippen molar-refractivity contribution in [3.63, 3.8) is 0 Å². The number of thiophene rings is 1. The van der Waals surface area contributed by atoms with Crippen LogP contribution in [-0.2, 0) is 0 Å². The summed E-state index contributed by atoms with van der Waals surface area (Å²) in [5, 5.41) is 0. The van der Waals surface area contributed by atoms with Crippen LogP contribution >= 0.6 is 11.3 Å². The van der Waals surface area contributed by atoms with Crippen LogP contribution in [0.15, 0.2) is 46.6 Å². The lowest BCUT2D eigenvalue weighted by Crippen LogP contribution is -1.93. The van der Waals surface area contributed by atoms with E-state index < -0.39 is 0 Å². The third-order valence-corrected chi connectivity index (χ3v) is 3.68. The third kappa shape index (κ3) is 3.55. The van der Waals surface area contributed by atoms with Gasteiger partial charge in [-0.05, 0) is 56.7 Å². The number of ketones is 1. The Morgan fingerprint density at radius 1 is 1.32 bits per heavy atom. The fourth-order valence-corrected chi connectivity index (χ4v) is 2.75. The van der Waals surface area contributed by atoms with Gasteiger partial charge in [-0.25, -0.2) is 0 Å². The zero-order valence-electron chi connectivity index (χ0n) is 11.3. The Bertz CT molecular complexity index is 628. The number of hydrogen-bond donors (Lipinski definition) is 0. The molecule has 0 aliphatic heterocycles. The first-order valence-electron chi connectivity index (χ1n) is 6.07. The highest BCUT2D eigenvalue weighted by atomic mass is 32.1. The minimum absolute atomic E-state index is 0.0500. The quantitative estimate of drug-likeness (QED) is 0.454. The molecule has 0 N–H and O–H groups in total. The number of carbonyl (C=O) groups excluding carboxylic acids is 1. The monoisotopic (exact) mass is 272 g/mol. The maximum Gasteiger partial charge on any atom is 0.186 e. The molecule has 98 valence electrons. The summed E-state index contributed by atoms with van der Waals surface area (Å²) < 4.78 is 5.22. The van der Waals surface area contributed by atoms with Gasteiger partial charge in [0.05, 0.1) is 6.26 Å². The van der Waals surface area contributed by atoms with Gasteiger partial charge in [0.15, 0.2) is 5.78 Å². The molecule has 2 heterocycles. The normalized spacial score (nSPS) is 12.3. The second-order valence-electron chi connectivity index (χ2n) is 4.43. The molecular formula is C16H16O2S. The summed E-state index contributed by atoms with van der Waals surface area (Å²) in [5.74, 6) is 0.839. The Kier molecular flexibility index (Phi) is 4.17. The Labute approximate surface area is 117 Å². The Hall–Kier alpha value is -1.87. The van der Waals surface area contributed by atoms with Crippen LogP contribution in [0.25, 0.3) is 6.08 Å². The molecule has 3 heteroatoms. The van der Waals surface area contributed by atoms with Crippen molar-refractivity contribution in [3.8, 4) is 0 Å². The molecule has 0 radical (unpaired) electrons. The Balaban J connectivity index is 2.10. The molecule has 0 unspecified atom stereocenters. The summed E-state index contributed by atoms with van der Waals surface area (Å²) in [6.45, 7) is 5.93. The topological polar surface area (TPSA) is 30.2 Å². The standard InChI is InChI=1S/C16H16O2S/c1-11(9-14-5-4-8-18-14)6-7-16(17)15-10-12(2)19-13(15)3/h4-10H,1-3H3/b7-6+,11-9+. The lowest BCUT2D eigenvalue weighted by molar-refractivity contribution is 0.104. The molecule has 0 spiro atoms. The number of aryl methyl sites for hydroxylation is 2. The zero-order valence-corrected chi connectivity index (χ0v) is 12.1. The first-order chi connectivity index (χ1) is 9.06. The van der Waals surface area contributed by atoms with Crippen molar-refractivity contribution in [2.45, 2.75) is 20.8 Å². The molecule has 0 bridgehead atoms. The van der Waals surface area contributed by atoms with Gasteiger partial charge in [-0.2, -0.15) is 0 Å². The lowest BCUT2D eigenvalue weighted by Gasteiger charge is -1.94. The van der Waals surface area contributed by atoms with E-state index in [-0.39, 0.29) is 5.78 Å². The maximum absolute atomic E-state index is 12.1. The van der Waals surface area contributed by atoms with Crippen LogP contribution in [-0.4, -0.2) is 5.78 Å². The second-order valence-corrected chi connectivity index (χ2v) is 5.89. The molecule has 19 heavy (non-hydrogen) atoms. The Morgan fingerprint density at radius 2 is 2.11 bits per heavy atom. The first-order valence-corrected chi connectivity index (χ1v) is 6.89. The molecule has 0 saturated carbocycles. The highest BCUT2D eigenvalue weighted by Crippen LogP contribution is 2.21. The van der Waals surface area contributed by atoms with E-state index in [2.05, 4.69) is 0 Å². The third-order valence-electron chi connectivity index (χ3n) is 2.72. The van der Waals surface area contributed by atoms with Crippen LogP contribution in [0, 0.1) is 13.8 Å². The number of furan rings is 1. The van der Waals surface area contributed by atoms with Crippen molar-refractivity contribution in [1.29, 1.82) is 0 Å². The molecule has 0 aliphatic carbocycles. The summed E-state index contributed by atoms with van der Waals surface area (Å²) in [5.41, 5.74) is 1.78. The summed E-state index contributed by atoms with van der Waals surface area (Å²) in [6, 6.07) is 5.66. The lowest BCUT2D eigenvalue weighted by atomic mass is 10.1.